The van der Waals surface area contributed by atoms with Crippen molar-refractivity contribution in [3.8, 4) is 22.8 Å². The van der Waals surface area contributed by atoms with Crippen LogP contribution in [0.25, 0.3) is 11.3 Å². The smallest absolute Gasteiger partial charge is 0.196 e. The number of nitrogens with one attached hydrogen (secondary N) is 1. The average Bonchev–Trinajstić information content (AvgIpc) is 2.99. The maximum atomic E-state index is 5.82. The summed E-state index contributed by atoms with van der Waals surface area (Å²) in [6.07, 6.45) is 3.60. The molecule has 5 nitrogen and oxygen atoms in total. The minimum atomic E-state index is 0.662. The normalized spacial score (nSPS) is 10.6. The molecule has 0 radical (unpaired) electrons. The van der Waals surface area contributed by atoms with E-state index in [-0.39, 0.29) is 0 Å². The maximum Gasteiger partial charge on any atom is 0.196 e. The van der Waals surface area contributed by atoms with Crippen molar-refractivity contribution in [2.75, 3.05) is 27.3 Å². The molecular weight excluding hydrogens is 268 g/mol. The topological polar surface area (TPSA) is 56.5 Å². The van der Waals surface area contributed by atoms with Crippen molar-refractivity contribution < 1.29 is 13.9 Å². The van der Waals surface area contributed by atoms with E-state index in [1.165, 1.54) is 0 Å². The van der Waals surface area contributed by atoms with Crippen LogP contribution in [0.2, 0.25) is 0 Å². The molecule has 0 spiro atoms. The lowest BCUT2D eigenvalue weighted by molar-refractivity contribution is 0.393. The van der Waals surface area contributed by atoms with Crippen molar-refractivity contribution in [3.05, 3.63) is 30.3 Å². The van der Waals surface area contributed by atoms with Crippen molar-refractivity contribution >= 4 is 0 Å². The Hall–Kier alpha value is -2.01. The summed E-state index contributed by atoms with van der Waals surface area (Å²) < 4.78 is 16.6. The summed E-state index contributed by atoms with van der Waals surface area (Å²) in [4.78, 5) is 4.32. The van der Waals surface area contributed by atoms with Gasteiger partial charge in [0, 0.05) is 13.0 Å². The van der Waals surface area contributed by atoms with Gasteiger partial charge in [-0.15, -0.1) is 0 Å². The lowest BCUT2D eigenvalue weighted by Gasteiger charge is -2.10. The summed E-state index contributed by atoms with van der Waals surface area (Å²) in [6.45, 7) is 4.01. The highest BCUT2D eigenvalue weighted by atomic mass is 16.5. The molecule has 114 valence electrons. The molecule has 1 aromatic heterocycles. The molecule has 0 unspecified atom stereocenters. The molecule has 1 heterocycles. The predicted octanol–water partition coefficient (Wildman–Crippen LogP) is 2.90. The van der Waals surface area contributed by atoms with E-state index < -0.39 is 0 Å². The van der Waals surface area contributed by atoms with E-state index >= 15 is 0 Å². The van der Waals surface area contributed by atoms with Crippen LogP contribution in [-0.2, 0) is 6.42 Å². The van der Waals surface area contributed by atoms with E-state index in [2.05, 4.69) is 17.2 Å². The van der Waals surface area contributed by atoms with E-state index in [0.29, 0.717) is 23.1 Å². The van der Waals surface area contributed by atoms with Gasteiger partial charge in [-0.25, -0.2) is 4.98 Å². The van der Waals surface area contributed by atoms with Gasteiger partial charge in [-0.3, -0.25) is 0 Å². The number of benzene rings is 1. The first-order valence-electron chi connectivity index (χ1n) is 7.17. The van der Waals surface area contributed by atoms with Crippen LogP contribution in [0.4, 0.5) is 0 Å². The van der Waals surface area contributed by atoms with E-state index in [1.54, 1.807) is 20.4 Å². The molecule has 21 heavy (non-hydrogen) atoms. The second kappa shape index (κ2) is 7.69. The molecule has 0 saturated carbocycles. The van der Waals surface area contributed by atoms with Gasteiger partial charge in [0.25, 0.3) is 0 Å². The zero-order valence-corrected chi connectivity index (χ0v) is 12.8. The number of aromatic nitrogens is 1. The van der Waals surface area contributed by atoms with Gasteiger partial charge >= 0.3 is 0 Å². The fourth-order valence-corrected chi connectivity index (χ4v) is 2.13. The Labute approximate surface area is 125 Å². The molecule has 1 aromatic carbocycles. The first-order chi connectivity index (χ1) is 10.3. The van der Waals surface area contributed by atoms with Crippen molar-refractivity contribution in [2.24, 2.45) is 0 Å². The van der Waals surface area contributed by atoms with E-state index in [9.17, 15) is 0 Å². The molecule has 0 atom stereocenters. The molecule has 1 N–H and O–H groups in total. The first-order valence-corrected chi connectivity index (χ1v) is 7.17. The Morgan fingerprint density at radius 1 is 1.14 bits per heavy atom. The van der Waals surface area contributed by atoms with Crippen LogP contribution in [0.1, 0.15) is 19.2 Å². The minimum absolute atomic E-state index is 0.662. The van der Waals surface area contributed by atoms with Crippen molar-refractivity contribution in [2.45, 2.75) is 19.8 Å². The Balaban J connectivity index is 2.17. The summed E-state index contributed by atoms with van der Waals surface area (Å²) in [5.41, 5.74) is 0.794. The van der Waals surface area contributed by atoms with Crippen molar-refractivity contribution in [1.29, 1.82) is 0 Å². The van der Waals surface area contributed by atoms with Crippen LogP contribution < -0.4 is 14.8 Å². The molecule has 2 rings (SSSR count). The number of ether oxygens (including phenoxy) is 2. The maximum absolute atomic E-state index is 5.82. The molecule has 0 saturated heterocycles. The van der Waals surface area contributed by atoms with Gasteiger partial charge in [0.1, 0.15) is 17.1 Å². The second-order valence-electron chi connectivity index (χ2n) is 4.66. The van der Waals surface area contributed by atoms with E-state index in [0.717, 1.165) is 31.5 Å². The van der Waals surface area contributed by atoms with Gasteiger partial charge < -0.3 is 19.2 Å². The summed E-state index contributed by atoms with van der Waals surface area (Å²) in [7, 11) is 3.26. The summed E-state index contributed by atoms with van der Waals surface area (Å²) in [5, 5.41) is 3.33. The van der Waals surface area contributed by atoms with Crippen molar-refractivity contribution in [3.63, 3.8) is 0 Å². The third-order valence-electron chi connectivity index (χ3n) is 3.17. The summed E-state index contributed by atoms with van der Waals surface area (Å²) >= 11 is 0. The lowest BCUT2D eigenvalue weighted by Crippen LogP contribution is -2.17. The molecule has 5 heteroatoms. The quantitative estimate of drug-likeness (QED) is 0.758. The SMILES string of the molecule is CCCNCCc1ncc(-c2c(OC)cccc2OC)o1. The molecule has 0 aliphatic rings. The lowest BCUT2D eigenvalue weighted by atomic mass is 10.1. The molecule has 0 aliphatic heterocycles. The number of nitrogens with zero attached hydrogens (tertiary/aromatic N) is 1. The Kier molecular flexibility index (Phi) is 5.63. The summed E-state index contributed by atoms with van der Waals surface area (Å²) in [6, 6.07) is 5.64. The minimum Gasteiger partial charge on any atom is -0.496 e. The molecular formula is C16H22N2O3. The number of hydrogen-bond acceptors (Lipinski definition) is 5. The number of methoxy groups -OCH3 is 2. The number of hydrogen-bond donors (Lipinski definition) is 1. The van der Waals surface area contributed by atoms with Gasteiger partial charge in [0.15, 0.2) is 11.7 Å². The van der Waals surface area contributed by atoms with Gasteiger partial charge in [-0.05, 0) is 25.1 Å². The highest BCUT2D eigenvalue weighted by molar-refractivity contribution is 5.72. The molecule has 0 amide bonds. The summed E-state index contributed by atoms with van der Waals surface area (Å²) in [5.74, 6) is 2.79. The molecule has 2 aromatic rings. The van der Waals surface area contributed by atoms with Crippen LogP contribution in [-0.4, -0.2) is 32.3 Å². The van der Waals surface area contributed by atoms with Crippen LogP contribution in [0.5, 0.6) is 11.5 Å². The van der Waals surface area contributed by atoms with Gasteiger partial charge in [-0.2, -0.15) is 0 Å². The first kappa shape index (κ1) is 15.4. The van der Waals surface area contributed by atoms with E-state index in [4.69, 9.17) is 13.9 Å². The van der Waals surface area contributed by atoms with Crippen LogP contribution in [0.3, 0.4) is 0 Å². The highest BCUT2D eigenvalue weighted by Crippen LogP contribution is 2.38. The second-order valence-corrected chi connectivity index (χ2v) is 4.66. The molecule has 0 bridgehead atoms. The van der Waals surface area contributed by atoms with Gasteiger partial charge in [0.2, 0.25) is 0 Å². The zero-order valence-electron chi connectivity index (χ0n) is 12.8. The molecule has 0 aliphatic carbocycles. The Bertz CT molecular complexity index is 544. The van der Waals surface area contributed by atoms with Crippen LogP contribution in [0, 0.1) is 0 Å². The highest BCUT2D eigenvalue weighted by Gasteiger charge is 2.16. The third kappa shape index (κ3) is 3.76. The Morgan fingerprint density at radius 2 is 1.86 bits per heavy atom. The van der Waals surface area contributed by atoms with Crippen LogP contribution in [0.15, 0.2) is 28.8 Å². The fraction of sp³-hybridized carbons (Fsp3) is 0.438. The van der Waals surface area contributed by atoms with E-state index in [1.807, 2.05) is 18.2 Å². The Morgan fingerprint density at radius 3 is 2.48 bits per heavy atom. The average molecular weight is 290 g/mol. The largest absolute Gasteiger partial charge is 0.496 e. The van der Waals surface area contributed by atoms with Gasteiger partial charge in [-0.1, -0.05) is 13.0 Å². The van der Waals surface area contributed by atoms with Gasteiger partial charge in [0.05, 0.1) is 20.4 Å². The zero-order chi connectivity index (χ0) is 15.1. The number of rotatable bonds is 8. The standard InChI is InChI=1S/C16H22N2O3/c1-4-9-17-10-8-15-18-11-14(21-15)16-12(19-2)6-5-7-13(16)20-3/h5-7,11,17H,4,8-10H2,1-3H3. The third-order valence-corrected chi connectivity index (χ3v) is 3.17. The van der Waals surface area contributed by atoms with Crippen molar-refractivity contribution in [1.82, 2.24) is 10.3 Å². The monoisotopic (exact) mass is 290 g/mol. The van der Waals surface area contributed by atoms with Crippen LogP contribution >= 0.6 is 0 Å². The molecule has 0 fully saturated rings. The number of oxazole rings is 1. The fourth-order valence-electron chi connectivity index (χ4n) is 2.13. The predicted molar refractivity (Wildman–Crippen MR) is 81.9 cm³/mol.